The third-order valence-corrected chi connectivity index (χ3v) is 6.29. The molecule has 0 saturated carbocycles. The largest absolute Gasteiger partial charge is 0.362 e. The molecule has 2 atom stereocenters. The van der Waals surface area contributed by atoms with Gasteiger partial charge in [0, 0.05) is 13.6 Å². The number of hydrogen-bond donors (Lipinski definition) is 1. The molecule has 0 spiro atoms. The van der Waals surface area contributed by atoms with Gasteiger partial charge in [-0.3, -0.25) is 0 Å². The van der Waals surface area contributed by atoms with Gasteiger partial charge in [-0.05, 0) is 43.6 Å². The molecule has 2 rings (SSSR count). The average molecular weight is 364 g/mol. The van der Waals surface area contributed by atoms with Gasteiger partial charge in [0.25, 0.3) is 0 Å². The number of para-hydroxylation sites is 1. The van der Waals surface area contributed by atoms with Crippen molar-refractivity contribution in [2.45, 2.75) is 52.5 Å². The maximum absolute atomic E-state index is 5.60. The SMILES string of the molecule is CCCC[C@H](CC)CNC(=S)N(C)[C@@H](C)c1nc2ccccc2s1. The fourth-order valence-electron chi connectivity index (χ4n) is 2.71. The van der Waals surface area contributed by atoms with Crippen molar-refractivity contribution in [1.29, 1.82) is 0 Å². The number of benzene rings is 1. The average Bonchev–Trinajstić information content (AvgIpc) is 3.04. The van der Waals surface area contributed by atoms with Gasteiger partial charge in [0.15, 0.2) is 5.11 Å². The van der Waals surface area contributed by atoms with Crippen LogP contribution in [0.5, 0.6) is 0 Å². The van der Waals surface area contributed by atoms with Gasteiger partial charge in [-0.1, -0.05) is 45.2 Å². The Morgan fingerprint density at radius 3 is 2.75 bits per heavy atom. The predicted molar refractivity (Wildman–Crippen MR) is 110 cm³/mol. The first-order valence-corrected chi connectivity index (χ1v) is 10.1. The summed E-state index contributed by atoms with van der Waals surface area (Å²) < 4.78 is 1.23. The minimum Gasteiger partial charge on any atom is -0.362 e. The Hall–Kier alpha value is -1.20. The highest BCUT2D eigenvalue weighted by Crippen LogP contribution is 2.28. The van der Waals surface area contributed by atoms with Crippen LogP contribution in [0.25, 0.3) is 10.2 Å². The van der Waals surface area contributed by atoms with Crippen LogP contribution in [0.3, 0.4) is 0 Å². The summed E-state index contributed by atoms with van der Waals surface area (Å²) in [7, 11) is 2.05. The second kappa shape index (κ2) is 9.33. The fourth-order valence-corrected chi connectivity index (χ4v) is 4.01. The first-order valence-electron chi connectivity index (χ1n) is 8.92. The summed E-state index contributed by atoms with van der Waals surface area (Å²) in [6, 6.07) is 8.47. The predicted octanol–water partition coefficient (Wildman–Crippen LogP) is 5.38. The fraction of sp³-hybridized carbons (Fsp3) is 0.579. The number of rotatable bonds is 8. The van der Waals surface area contributed by atoms with E-state index in [-0.39, 0.29) is 6.04 Å². The van der Waals surface area contributed by atoms with E-state index in [1.165, 1.54) is 30.4 Å². The van der Waals surface area contributed by atoms with E-state index in [1.807, 2.05) is 6.07 Å². The van der Waals surface area contributed by atoms with Crippen molar-refractivity contribution in [1.82, 2.24) is 15.2 Å². The first-order chi connectivity index (χ1) is 11.6. The summed E-state index contributed by atoms with van der Waals surface area (Å²) in [6.07, 6.45) is 5.03. The third-order valence-electron chi connectivity index (χ3n) is 4.65. The van der Waals surface area contributed by atoms with Gasteiger partial charge in [-0.25, -0.2) is 4.98 Å². The topological polar surface area (TPSA) is 28.2 Å². The molecule has 1 aromatic carbocycles. The standard InChI is InChI=1S/C19H29N3S2/c1-5-7-10-15(6-2)13-20-19(23)22(4)14(3)18-21-16-11-8-9-12-17(16)24-18/h8-9,11-12,14-15H,5-7,10,13H2,1-4H3,(H,20,23)/t14-,15-/m0/s1. The second-order valence-electron chi connectivity index (χ2n) is 6.41. The molecule has 0 aliphatic heterocycles. The van der Waals surface area contributed by atoms with Crippen LogP contribution in [0, 0.1) is 5.92 Å². The highest BCUT2D eigenvalue weighted by molar-refractivity contribution is 7.80. The van der Waals surface area contributed by atoms with Crippen molar-refractivity contribution in [2.24, 2.45) is 5.92 Å². The van der Waals surface area contributed by atoms with Crippen LogP contribution < -0.4 is 5.32 Å². The Bertz CT molecular complexity index is 620. The van der Waals surface area contributed by atoms with E-state index < -0.39 is 0 Å². The molecule has 0 fully saturated rings. The third kappa shape index (κ3) is 4.90. The van der Waals surface area contributed by atoms with Crippen molar-refractivity contribution in [3.63, 3.8) is 0 Å². The molecule has 1 heterocycles. The van der Waals surface area contributed by atoms with Gasteiger partial charge >= 0.3 is 0 Å². The molecule has 0 saturated heterocycles. The molecule has 0 aliphatic carbocycles. The summed E-state index contributed by atoms with van der Waals surface area (Å²) in [5, 5.41) is 5.39. The van der Waals surface area contributed by atoms with Gasteiger partial charge in [-0.15, -0.1) is 11.3 Å². The molecule has 3 nitrogen and oxygen atoms in total. The minimum absolute atomic E-state index is 0.179. The van der Waals surface area contributed by atoms with Crippen molar-refractivity contribution in [3.05, 3.63) is 29.3 Å². The lowest BCUT2D eigenvalue weighted by Crippen LogP contribution is -2.40. The van der Waals surface area contributed by atoms with Gasteiger partial charge in [0.05, 0.1) is 16.3 Å². The lowest BCUT2D eigenvalue weighted by Gasteiger charge is -2.27. The highest BCUT2D eigenvalue weighted by atomic mass is 32.1. The molecule has 2 aromatic rings. The van der Waals surface area contributed by atoms with Gasteiger partial charge < -0.3 is 10.2 Å². The smallest absolute Gasteiger partial charge is 0.169 e. The summed E-state index contributed by atoms with van der Waals surface area (Å²) >= 11 is 7.36. The molecular weight excluding hydrogens is 334 g/mol. The quantitative estimate of drug-likeness (QED) is 0.637. The van der Waals surface area contributed by atoms with Crippen LogP contribution in [-0.4, -0.2) is 28.6 Å². The van der Waals surface area contributed by atoms with Crippen LogP contribution in [0.4, 0.5) is 0 Å². The van der Waals surface area contributed by atoms with Crippen LogP contribution in [0.2, 0.25) is 0 Å². The Balaban J connectivity index is 1.93. The second-order valence-corrected chi connectivity index (χ2v) is 7.86. The molecule has 1 aromatic heterocycles. The summed E-state index contributed by atoms with van der Waals surface area (Å²) in [5.41, 5.74) is 1.07. The van der Waals surface area contributed by atoms with E-state index in [9.17, 15) is 0 Å². The van der Waals surface area contributed by atoms with Crippen LogP contribution in [0.15, 0.2) is 24.3 Å². The number of thiazole rings is 1. The van der Waals surface area contributed by atoms with Crippen molar-refractivity contribution in [3.8, 4) is 0 Å². The number of fused-ring (bicyclic) bond motifs is 1. The normalized spacial score (nSPS) is 13.7. The monoisotopic (exact) mass is 363 g/mol. The van der Waals surface area contributed by atoms with Crippen LogP contribution in [0.1, 0.15) is 57.5 Å². The maximum Gasteiger partial charge on any atom is 0.169 e. The number of hydrogen-bond acceptors (Lipinski definition) is 3. The van der Waals surface area contributed by atoms with Crippen molar-refractivity contribution in [2.75, 3.05) is 13.6 Å². The zero-order valence-corrected chi connectivity index (χ0v) is 16.8. The summed E-state index contributed by atoms with van der Waals surface area (Å²) in [6.45, 7) is 7.64. The Kier molecular flexibility index (Phi) is 7.43. The van der Waals surface area contributed by atoms with E-state index in [4.69, 9.17) is 17.2 Å². The highest BCUT2D eigenvalue weighted by Gasteiger charge is 2.19. The molecule has 5 heteroatoms. The number of thiocarbonyl (C=S) groups is 1. The molecule has 0 unspecified atom stereocenters. The zero-order valence-electron chi connectivity index (χ0n) is 15.2. The lowest BCUT2D eigenvalue weighted by atomic mass is 9.99. The number of nitrogens with one attached hydrogen (secondary N) is 1. The van der Waals surface area contributed by atoms with Crippen LogP contribution in [-0.2, 0) is 0 Å². The Labute approximate surface area is 155 Å². The van der Waals surface area contributed by atoms with Crippen molar-refractivity contribution >= 4 is 38.9 Å². The summed E-state index contributed by atoms with van der Waals surface area (Å²) in [4.78, 5) is 6.88. The number of nitrogens with zero attached hydrogens (tertiary/aromatic N) is 2. The van der Waals surface area contributed by atoms with Gasteiger partial charge in [0.2, 0.25) is 0 Å². The van der Waals surface area contributed by atoms with Gasteiger partial charge in [0.1, 0.15) is 5.01 Å². The first kappa shape index (κ1) is 19.1. The molecule has 132 valence electrons. The number of aromatic nitrogens is 1. The van der Waals surface area contributed by atoms with Crippen molar-refractivity contribution < 1.29 is 0 Å². The summed E-state index contributed by atoms with van der Waals surface area (Å²) in [5.74, 6) is 0.703. The van der Waals surface area contributed by atoms with E-state index in [1.54, 1.807) is 11.3 Å². The molecule has 1 N–H and O–H groups in total. The molecule has 0 bridgehead atoms. The van der Waals surface area contributed by atoms with E-state index in [2.05, 4.69) is 56.2 Å². The Morgan fingerprint density at radius 2 is 2.08 bits per heavy atom. The molecule has 0 radical (unpaired) electrons. The molecule has 0 amide bonds. The van der Waals surface area contributed by atoms with Gasteiger partial charge in [-0.2, -0.15) is 0 Å². The van der Waals surface area contributed by atoms with E-state index in [0.29, 0.717) is 5.92 Å². The maximum atomic E-state index is 5.60. The zero-order chi connectivity index (χ0) is 17.5. The minimum atomic E-state index is 0.179. The molecular formula is C19H29N3S2. The van der Waals surface area contributed by atoms with Crippen LogP contribution >= 0.6 is 23.6 Å². The Morgan fingerprint density at radius 1 is 1.33 bits per heavy atom. The molecule has 24 heavy (non-hydrogen) atoms. The number of unbranched alkanes of at least 4 members (excludes halogenated alkanes) is 1. The molecule has 0 aliphatic rings. The van der Waals surface area contributed by atoms with E-state index >= 15 is 0 Å². The lowest BCUT2D eigenvalue weighted by molar-refractivity contribution is 0.381. The van der Waals surface area contributed by atoms with E-state index in [0.717, 1.165) is 22.2 Å².